The van der Waals surface area contributed by atoms with Crippen molar-refractivity contribution in [2.45, 2.75) is 12.1 Å². The van der Waals surface area contributed by atoms with Gasteiger partial charge in [0.2, 0.25) is 0 Å². The Morgan fingerprint density at radius 2 is 1.55 bits per heavy atom. The molecule has 0 saturated heterocycles. The average Bonchev–Trinajstić information content (AvgIpc) is 2.39. The summed E-state index contributed by atoms with van der Waals surface area (Å²) in [5.41, 5.74) is -1.21. The summed E-state index contributed by atoms with van der Waals surface area (Å²) in [5, 5.41) is 0. The van der Waals surface area contributed by atoms with Crippen LogP contribution >= 0.6 is 0 Å². The van der Waals surface area contributed by atoms with Gasteiger partial charge in [-0.2, -0.15) is 22.0 Å². The Morgan fingerprint density at radius 3 is 2.15 bits per heavy atom. The number of alkyl halides is 5. The van der Waals surface area contributed by atoms with Gasteiger partial charge in [0.25, 0.3) is 0 Å². The molecule has 3 nitrogen and oxygen atoms in total. The maximum Gasteiger partial charge on any atom is 0.458 e. The molecule has 1 aromatic carbocycles. The molecule has 0 saturated carbocycles. The predicted octanol–water partition coefficient (Wildman–Crippen LogP) is 3.92. The van der Waals surface area contributed by atoms with Crippen LogP contribution in [-0.2, 0) is 5.92 Å². The molecular weight excluding hydrogens is 283 g/mol. The lowest BCUT2D eigenvalue weighted by Crippen LogP contribution is -2.33. The highest BCUT2D eigenvalue weighted by atomic mass is 19.4. The van der Waals surface area contributed by atoms with Crippen molar-refractivity contribution in [3.63, 3.8) is 0 Å². The van der Waals surface area contributed by atoms with E-state index < -0.39 is 17.7 Å². The number of nitrogens with zero attached hydrogens (tertiary/aromatic N) is 2. The minimum atomic E-state index is -5.67. The first kappa shape index (κ1) is 14.2. The van der Waals surface area contributed by atoms with Crippen LogP contribution in [-0.4, -0.2) is 16.1 Å². The van der Waals surface area contributed by atoms with Gasteiger partial charge < -0.3 is 4.74 Å². The highest BCUT2D eigenvalue weighted by molar-refractivity contribution is 5.33. The Balaban J connectivity index is 2.29. The summed E-state index contributed by atoms with van der Waals surface area (Å²) in [6, 6.07) is 4.89. The van der Waals surface area contributed by atoms with E-state index in [0.29, 0.717) is 12.1 Å². The monoisotopic (exact) mass is 290 g/mol. The van der Waals surface area contributed by atoms with Gasteiger partial charge in [-0.25, -0.2) is 9.97 Å². The fourth-order valence-corrected chi connectivity index (χ4v) is 1.36. The van der Waals surface area contributed by atoms with Crippen LogP contribution in [0.1, 0.15) is 5.56 Å². The molecule has 0 bridgehead atoms. The van der Waals surface area contributed by atoms with Crippen LogP contribution in [0.5, 0.6) is 11.8 Å². The van der Waals surface area contributed by atoms with E-state index in [4.69, 9.17) is 4.74 Å². The van der Waals surface area contributed by atoms with Gasteiger partial charge in [0, 0.05) is 18.0 Å². The Bertz CT molecular complexity index is 586. The largest absolute Gasteiger partial charge is 0.458 e. The summed E-state index contributed by atoms with van der Waals surface area (Å²) >= 11 is 0. The summed E-state index contributed by atoms with van der Waals surface area (Å²) in [7, 11) is 0. The van der Waals surface area contributed by atoms with Crippen molar-refractivity contribution in [2.24, 2.45) is 0 Å². The summed E-state index contributed by atoms with van der Waals surface area (Å²) in [6.45, 7) is 0. The molecule has 0 aliphatic carbocycles. The summed E-state index contributed by atoms with van der Waals surface area (Å²) in [4.78, 5) is 7.34. The van der Waals surface area contributed by atoms with E-state index >= 15 is 0 Å². The topological polar surface area (TPSA) is 35.0 Å². The molecular formula is C12H7F5N2O. The molecule has 0 radical (unpaired) electrons. The quantitative estimate of drug-likeness (QED) is 0.803. The average molecular weight is 290 g/mol. The number of aromatic nitrogens is 2. The molecule has 2 rings (SSSR count). The zero-order valence-electron chi connectivity index (χ0n) is 9.73. The van der Waals surface area contributed by atoms with Gasteiger partial charge in [0.1, 0.15) is 5.75 Å². The molecule has 0 N–H and O–H groups in total. The zero-order chi connectivity index (χ0) is 14.8. The van der Waals surface area contributed by atoms with E-state index in [9.17, 15) is 22.0 Å². The van der Waals surface area contributed by atoms with Crippen molar-refractivity contribution in [3.05, 3.63) is 48.3 Å². The highest BCUT2D eigenvalue weighted by Gasteiger charge is 2.58. The summed E-state index contributed by atoms with van der Waals surface area (Å²) < 4.78 is 68.1. The molecule has 2 aromatic rings. The van der Waals surface area contributed by atoms with Crippen LogP contribution in [0.15, 0.2) is 42.7 Å². The lowest BCUT2D eigenvalue weighted by atomic mass is 10.1. The van der Waals surface area contributed by atoms with Gasteiger partial charge in [-0.15, -0.1) is 0 Å². The minimum absolute atomic E-state index is 0.153. The first-order chi connectivity index (χ1) is 9.30. The first-order valence-electron chi connectivity index (χ1n) is 5.30. The molecule has 0 atom stereocenters. The molecule has 20 heavy (non-hydrogen) atoms. The molecule has 0 amide bonds. The number of ether oxygens (including phenoxy) is 1. The lowest BCUT2D eigenvalue weighted by Gasteiger charge is -2.20. The normalized spacial score (nSPS) is 12.2. The first-order valence-corrected chi connectivity index (χ1v) is 5.30. The van der Waals surface area contributed by atoms with Crippen molar-refractivity contribution in [3.8, 4) is 11.8 Å². The second kappa shape index (κ2) is 5.03. The van der Waals surface area contributed by atoms with Crippen LogP contribution in [0.25, 0.3) is 0 Å². The van der Waals surface area contributed by atoms with Crippen molar-refractivity contribution >= 4 is 0 Å². The number of hydrogen-bond donors (Lipinski definition) is 0. The number of halogens is 5. The van der Waals surface area contributed by atoms with Gasteiger partial charge >= 0.3 is 18.1 Å². The van der Waals surface area contributed by atoms with Crippen LogP contribution in [0.2, 0.25) is 0 Å². The van der Waals surface area contributed by atoms with E-state index in [1.54, 1.807) is 0 Å². The molecule has 0 fully saturated rings. The molecule has 0 aliphatic rings. The van der Waals surface area contributed by atoms with Crippen LogP contribution in [0.4, 0.5) is 22.0 Å². The van der Waals surface area contributed by atoms with E-state index in [1.807, 2.05) is 0 Å². The van der Waals surface area contributed by atoms with Gasteiger partial charge in [-0.05, 0) is 18.2 Å². The van der Waals surface area contributed by atoms with Crippen molar-refractivity contribution in [1.29, 1.82) is 0 Å². The van der Waals surface area contributed by atoms with Gasteiger partial charge in [0.05, 0.1) is 0 Å². The third-order valence-electron chi connectivity index (χ3n) is 2.30. The Morgan fingerprint density at radius 1 is 0.900 bits per heavy atom. The second-order valence-electron chi connectivity index (χ2n) is 3.73. The van der Waals surface area contributed by atoms with Gasteiger partial charge in [-0.1, -0.05) is 12.1 Å². The molecule has 0 aliphatic heterocycles. The SMILES string of the molecule is FC(F)(F)C(F)(F)c1cccc(Oc2ncccn2)c1. The predicted molar refractivity (Wildman–Crippen MR) is 58.5 cm³/mol. The standard InChI is InChI=1S/C12H7F5N2O/c13-11(14,12(15,16)17)8-3-1-4-9(7-8)20-10-18-5-2-6-19-10/h1-7H. The molecule has 0 unspecified atom stereocenters. The molecule has 106 valence electrons. The van der Waals surface area contributed by atoms with Crippen molar-refractivity contribution < 1.29 is 26.7 Å². The third kappa shape index (κ3) is 2.84. The van der Waals surface area contributed by atoms with E-state index in [2.05, 4.69) is 9.97 Å². The van der Waals surface area contributed by atoms with Crippen molar-refractivity contribution in [2.75, 3.05) is 0 Å². The molecule has 1 aromatic heterocycles. The van der Waals surface area contributed by atoms with Gasteiger partial charge in [0.15, 0.2) is 0 Å². The van der Waals surface area contributed by atoms with E-state index in [-0.39, 0.29) is 11.8 Å². The summed E-state index contributed by atoms with van der Waals surface area (Å²) in [6.07, 6.45) is -2.98. The number of benzene rings is 1. The van der Waals surface area contributed by atoms with Crippen LogP contribution < -0.4 is 4.74 Å². The maximum absolute atomic E-state index is 13.2. The third-order valence-corrected chi connectivity index (χ3v) is 2.30. The molecule has 8 heteroatoms. The Kier molecular flexibility index (Phi) is 3.56. The fourth-order valence-electron chi connectivity index (χ4n) is 1.36. The Hall–Kier alpha value is -2.25. The van der Waals surface area contributed by atoms with E-state index in [1.165, 1.54) is 24.5 Å². The molecule has 0 spiro atoms. The maximum atomic E-state index is 13.2. The molecule has 1 heterocycles. The zero-order valence-corrected chi connectivity index (χ0v) is 9.73. The fraction of sp³-hybridized carbons (Fsp3) is 0.167. The Labute approximate surface area is 110 Å². The summed E-state index contributed by atoms with van der Waals surface area (Å²) in [5.74, 6) is -5.16. The smallest absolute Gasteiger partial charge is 0.424 e. The van der Waals surface area contributed by atoms with E-state index in [0.717, 1.165) is 6.07 Å². The number of rotatable bonds is 3. The number of hydrogen-bond acceptors (Lipinski definition) is 3. The minimum Gasteiger partial charge on any atom is -0.424 e. The highest BCUT2D eigenvalue weighted by Crippen LogP contribution is 2.44. The second-order valence-corrected chi connectivity index (χ2v) is 3.73. The van der Waals surface area contributed by atoms with Crippen molar-refractivity contribution in [1.82, 2.24) is 9.97 Å². The van der Waals surface area contributed by atoms with Crippen LogP contribution in [0, 0.1) is 0 Å². The lowest BCUT2D eigenvalue weighted by molar-refractivity contribution is -0.289. The van der Waals surface area contributed by atoms with Crippen LogP contribution in [0.3, 0.4) is 0 Å². The van der Waals surface area contributed by atoms with Gasteiger partial charge in [-0.3, -0.25) is 0 Å².